The van der Waals surface area contributed by atoms with Crippen molar-refractivity contribution < 1.29 is 4.79 Å². The Morgan fingerprint density at radius 3 is 2.33 bits per heavy atom. The maximum atomic E-state index is 12.3. The molecular formula is C15H28N2O. The molecule has 0 aromatic carbocycles. The van der Waals surface area contributed by atoms with Gasteiger partial charge in [0.1, 0.15) is 0 Å². The Bertz CT molecular complexity index is 302. The van der Waals surface area contributed by atoms with Crippen LogP contribution >= 0.6 is 0 Å². The smallest absolute Gasteiger partial charge is 0.222 e. The van der Waals surface area contributed by atoms with Crippen LogP contribution in [-0.2, 0) is 4.79 Å². The van der Waals surface area contributed by atoms with Crippen LogP contribution in [-0.4, -0.2) is 24.0 Å². The molecule has 0 atom stereocenters. The van der Waals surface area contributed by atoms with Crippen LogP contribution in [0.4, 0.5) is 0 Å². The molecule has 0 aliphatic heterocycles. The van der Waals surface area contributed by atoms with E-state index in [2.05, 4.69) is 24.5 Å². The number of carbonyl (C=O) groups is 1. The van der Waals surface area contributed by atoms with E-state index in [1.807, 2.05) is 7.05 Å². The third-order valence-corrected chi connectivity index (χ3v) is 4.90. The van der Waals surface area contributed by atoms with Gasteiger partial charge in [-0.1, -0.05) is 19.3 Å². The summed E-state index contributed by atoms with van der Waals surface area (Å²) in [6, 6.07) is 0. The zero-order valence-electron chi connectivity index (χ0n) is 12.1. The highest BCUT2D eigenvalue weighted by Crippen LogP contribution is 2.39. The standard InChI is InChI=1S/C15H28N2O/c1-14(2,12-7-8-12)17-13(18)11-15(16-3)9-5-4-6-10-15/h12,16H,4-11H2,1-3H3,(H,17,18). The van der Waals surface area contributed by atoms with E-state index in [0.717, 1.165) is 12.8 Å². The quantitative estimate of drug-likeness (QED) is 0.789. The lowest BCUT2D eigenvalue weighted by Crippen LogP contribution is -2.52. The molecule has 0 heterocycles. The minimum atomic E-state index is -0.0132. The van der Waals surface area contributed by atoms with E-state index in [9.17, 15) is 4.79 Å². The zero-order chi connectivity index (χ0) is 13.2. The molecule has 2 N–H and O–H groups in total. The highest BCUT2D eigenvalue weighted by molar-refractivity contribution is 5.78. The molecule has 3 nitrogen and oxygen atoms in total. The van der Waals surface area contributed by atoms with Crippen molar-refractivity contribution in [3.63, 3.8) is 0 Å². The van der Waals surface area contributed by atoms with E-state index < -0.39 is 0 Å². The molecule has 3 heteroatoms. The number of rotatable bonds is 5. The second-order valence-corrected chi connectivity index (χ2v) is 6.81. The van der Waals surface area contributed by atoms with Crippen molar-refractivity contribution in [3.8, 4) is 0 Å². The summed E-state index contributed by atoms with van der Waals surface area (Å²) in [6.45, 7) is 4.32. The first-order chi connectivity index (χ1) is 8.47. The van der Waals surface area contributed by atoms with Gasteiger partial charge in [-0.25, -0.2) is 0 Å². The summed E-state index contributed by atoms with van der Waals surface area (Å²) in [4.78, 5) is 12.3. The SMILES string of the molecule is CNC1(CC(=O)NC(C)(C)C2CC2)CCCCC1. The van der Waals surface area contributed by atoms with Gasteiger partial charge in [-0.05, 0) is 52.5 Å². The van der Waals surface area contributed by atoms with Crippen LogP contribution in [0, 0.1) is 5.92 Å². The molecule has 2 fully saturated rings. The number of hydrogen-bond acceptors (Lipinski definition) is 2. The molecule has 18 heavy (non-hydrogen) atoms. The van der Waals surface area contributed by atoms with E-state index in [1.165, 1.54) is 32.1 Å². The van der Waals surface area contributed by atoms with Gasteiger partial charge in [-0.3, -0.25) is 4.79 Å². The fourth-order valence-electron chi connectivity index (χ4n) is 3.36. The lowest BCUT2D eigenvalue weighted by Gasteiger charge is -2.38. The average molecular weight is 252 g/mol. The van der Waals surface area contributed by atoms with E-state index in [4.69, 9.17) is 0 Å². The zero-order valence-corrected chi connectivity index (χ0v) is 12.1. The number of hydrogen-bond donors (Lipinski definition) is 2. The van der Waals surface area contributed by atoms with Crippen LogP contribution in [0.1, 0.15) is 65.2 Å². The molecular weight excluding hydrogens is 224 g/mol. The molecule has 2 aliphatic rings. The van der Waals surface area contributed by atoms with Gasteiger partial charge in [0.15, 0.2) is 0 Å². The fraction of sp³-hybridized carbons (Fsp3) is 0.933. The number of amides is 1. The van der Waals surface area contributed by atoms with Gasteiger partial charge >= 0.3 is 0 Å². The lowest BCUT2D eigenvalue weighted by atomic mass is 9.79. The van der Waals surface area contributed by atoms with Crippen molar-refractivity contribution in [3.05, 3.63) is 0 Å². The summed E-state index contributed by atoms with van der Waals surface area (Å²) in [5, 5.41) is 6.66. The van der Waals surface area contributed by atoms with Gasteiger partial charge in [0.2, 0.25) is 5.91 Å². The molecule has 0 aromatic heterocycles. The largest absolute Gasteiger partial charge is 0.351 e. The van der Waals surface area contributed by atoms with Crippen molar-refractivity contribution in [1.29, 1.82) is 0 Å². The summed E-state index contributed by atoms with van der Waals surface area (Å²) in [5.41, 5.74) is 0.0443. The highest BCUT2D eigenvalue weighted by atomic mass is 16.1. The van der Waals surface area contributed by atoms with Crippen molar-refractivity contribution in [1.82, 2.24) is 10.6 Å². The van der Waals surface area contributed by atoms with Crippen LogP contribution in [0.2, 0.25) is 0 Å². The Labute approximate surface area is 111 Å². The first-order valence-corrected chi connectivity index (χ1v) is 7.47. The summed E-state index contributed by atoms with van der Waals surface area (Å²) < 4.78 is 0. The fourth-order valence-corrected chi connectivity index (χ4v) is 3.36. The van der Waals surface area contributed by atoms with Crippen LogP contribution in [0.25, 0.3) is 0 Å². The Kier molecular flexibility index (Phi) is 4.00. The third kappa shape index (κ3) is 3.25. The summed E-state index contributed by atoms with van der Waals surface area (Å²) in [6.07, 6.45) is 9.27. The molecule has 104 valence electrons. The molecule has 0 spiro atoms. The van der Waals surface area contributed by atoms with Crippen molar-refractivity contribution >= 4 is 5.91 Å². The molecule has 0 unspecified atom stereocenters. The maximum absolute atomic E-state index is 12.3. The Morgan fingerprint density at radius 2 is 1.83 bits per heavy atom. The Morgan fingerprint density at radius 1 is 1.22 bits per heavy atom. The molecule has 0 saturated heterocycles. The second-order valence-electron chi connectivity index (χ2n) is 6.81. The van der Waals surface area contributed by atoms with Gasteiger partial charge in [-0.15, -0.1) is 0 Å². The molecule has 2 saturated carbocycles. The van der Waals surface area contributed by atoms with Gasteiger partial charge < -0.3 is 10.6 Å². The normalized spacial score (nSPS) is 23.7. The van der Waals surface area contributed by atoms with Gasteiger partial charge in [0.25, 0.3) is 0 Å². The molecule has 0 radical (unpaired) electrons. The van der Waals surface area contributed by atoms with Crippen LogP contribution in [0.15, 0.2) is 0 Å². The summed E-state index contributed by atoms with van der Waals surface area (Å²) in [7, 11) is 2.00. The first kappa shape index (κ1) is 13.9. The lowest BCUT2D eigenvalue weighted by molar-refractivity contribution is -0.124. The van der Waals surface area contributed by atoms with E-state index in [-0.39, 0.29) is 17.0 Å². The first-order valence-electron chi connectivity index (χ1n) is 7.47. The molecule has 0 bridgehead atoms. The average Bonchev–Trinajstić information content (AvgIpc) is 3.13. The van der Waals surface area contributed by atoms with Gasteiger partial charge in [0.05, 0.1) is 0 Å². The monoisotopic (exact) mass is 252 g/mol. The maximum Gasteiger partial charge on any atom is 0.222 e. The van der Waals surface area contributed by atoms with Gasteiger partial charge in [-0.2, -0.15) is 0 Å². The highest BCUT2D eigenvalue weighted by Gasteiger charge is 2.40. The molecule has 1 amide bonds. The Balaban J connectivity index is 1.88. The third-order valence-electron chi connectivity index (χ3n) is 4.90. The van der Waals surface area contributed by atoms with Crippen molar-refractivity contribution in [2.24, 2.45) is 5.92 Å². The molecule has 2 rings (SSSR count). The summed E-state index contributed by atoms with van der Waals surface area (Å²) in [5.74, 6) is 0.918. The van der Waals surface area contributed by atoms with Crippen LogP contribution in [0.5, 0.6) is 0 Å². The van der Waals surface area contributed by atoms with Crippen molar-refractivity contribution in [2.45, 2.75) is 76.3 Å². The van der Waals surface area contributed by atoms with Crippen LogP contribution < -0.4 is 10.6 Å². The molecule has 0 aromatic rings. The minimum absolute atomic E-state index is 0.0132. The van der Waals surface area contributed by atoms with E-state index >= 15 is 0 Å². The van der Waals surface area contributed by atoms with Crippen molar-refractivity contribution in [2.75, 3.05) is 7.05 Å². The minimum Gasteiger partial charge on any atom is -0.351 e. The predicted molar refractivity (Wildman–Crippen MR) is 74.4 cm³/mol. The summed E-state index contributed by atoms with van der Waals surface area (Å²) >= 11 is 0. The van der Waals surface area contributed by atoms with Gasteiger partial charge in [0, 0.05) is 17.5 Å². The Hall–Kier alpha value is -0.570. The van der Waals surface area contributed by atoms with E-state index in [0.29, 0.717) is 12.3 Å². The number of carbonyl (C=O) groups excluding carboxylic acids is 1. The second kappa shape index (κ2) is 5.20. The van der Waals surface area contributed by atoms with E-state index in [1.54, 1.807) is 0 Å². The van der Waals surface area contributed by atoms with Crippen LogP contribution in [0.3, 0.4) is 0 Å². The number of nitrogens with one attached hydrogen (secondary N) is 2. The topological polar surface area (TPSA) is 41.1 Å². The predicted octanol–water partition coefficient (Wildman–Crippen LogP) is 2.60. The molecule has 2 aliphatic carbocycles.